The monoisotopic (exact) mass is 327 g/mol. The highest BCUT2D eigenvalue weighted by molar-refractivity contribution is 9.10. The van der Waals surface area contributed by atoms with Gasteiger partial charge in [-0.1, -0.05) is 41.8 Å². The number of benzene rings is 1. The molecule has 0 aromatic heterocycles. The molecule has 2 atom stereocenters. The normalized spacial score (nSPS) is 24.2. The summed E-state index contributed by atoms with van der Waals surface area (Å²) < 4.78 is 1.18. The lowest BCUT2D eigenvalue weighted by Crippen LogP contribution is -2.15. The summed E-state index contributed by atoms with van der Waals surface area (Å²) in [5.74, 6) is 0.890. The van der Waals surface area contributed by atoms with Gasteiger partial charge in [0.25, 0.3) is 0 Å². The van der Waals surface area contributed by atoms with Gasteiger partial charge < -0.3 is 5.73 Å². The van der Waals surface area contributed by atoms with Gasteiger partial charge in [0, 0.05) is 14.6 Å². The smallest absolute Gasteiger partial charge is 0.0186 e. The lowest BCUT2D eigenvalue weighted by Gasteiger charge is -2.27. The van der Waals surface area contributed by atoms with E-state index in [0.717, 1.165) is 24.1 Å². The molecule has 0 heterocycles. The maximum absolute atomic E-state index is 5.70. The Bertz CT molecular complexity index is 394. The summed E-state index contributed by atoms with van der Waals surface area (Å²) in [4.78, 5) is 1.42. The molecule has 2 N–H and O–H groups in total. The zero-order valence-corrected chi connectivity index (χ0v) is 13.4. The fourth-order valence-corrected chi connectivity index (χ4v) is 4.76. The van der Waals surface area contributed by atoms with Gasteiger partial charge in [0.15, 0.2) is 0 Å². The van der Waals surface area contributed by atoms with Crippen molar-refractivity contribution in [1.82, 2.24) is 0 Å². The molecule has 1 nitrogen and oxygen atoms in total. The fraction of sp³-hybridized carbons (Fsp3) is 0.600. The second kappa shape index (κ2) is 6.97. The summed E-state index contributed by atoms with van der Waals surface area (Å²) in [6, 6.07) is 6.60. The first-order valence-electron chi connectivity index (χ1n) is 6.84. The Hall–Kier alpha value is 0.01000. The molecule has 0 radical (unpaired) electrons. The van der Waals surface area contributed by atoms with Gasteiger partial charge in [-0.15, -0.1) is 11.8 Å². The van der Waals surface area contributed by atoms with Crippen molar-refractivity contribution in [2.24, 2.45) is 11.7 Å². The van der Waals surface area contributed by atoms with Crippen LogP contribution in [0.3, 0.4) is 0 Å². The van der Waals surface area contributed by atoms with Crippen LogP contribution in [0.4, 0.5) is 0 Å². The van der Waals surface area contributed by atoms with Crippen molar-refractivity contribution in [3.05, 3.63) is 28.2 Å². The van der Waals surface area contributed by atoms with Crippen molar-refractivity contribution in [2.75, 3.05) is 6.54 Å². The van der Waals surface area contributed by atoms with E-state index in [1.54, 1.807) is 0 Å². The molecular formula is C15H22BrNS. The zero-order chi connectivity index (χ0) is 13.0. The van der Waals surface area contributed by atoms with Gasteiger partial charge >= 0.3 is 0 Å². The Morgan fingerprint density at radius 2 is 2.22 bits per heavy atom. The molecule has 18 heavy (non-hydrogen) atoms. The van der Waals surface area contributed by atoms with E-state index >= 15 is 0 Å². The SMILES string of the molecule is CC1CCCC(Sc2cc(Br)ccc2CCN)C1. The number of thioether (sulfide) groups is 1. The summed E-state index contributed by atoms with van der Waals surface area (Å²) in [7, 11) is 0. The summed E-state index contributed by atoms with van der Waals surface area (Å²) in [6.07, 6.45) is 6.50. The predicted molar refractivity (Wildman–Crippen MR) is 84.2 cm³/mol. The molecule has 2 unspecified atom stereocenters. The molecule has 0 spiro atoms. The molecule has 100 valence electrons. The quantitative estimate of drug-likeness (QED) is 0.873. The van der Waals surface area contributed by atoms with Gasteiger partial charge in [-0.3, -0.25) is 0 Å². The molecular weight excluding hydrogens is 306 g/mol. The van der Waals surface area contributed by atoms with Crippen LogP contribution in [0.15, 0.2) is 27.6 Å². The highest BCUT2D eigenvalue weighted by Crippen LogP contribution is 2.38. The van der Waals surface area contributed by atoms with Crippen LogP contribution in [-0.4, -0.2) is 11.8 Å². The van der Waals surface area contributed by atoms with E-state index in [9.17, 15) is 0 Å². The van der Waals surface area contributed by atoms with Gasteiger partial charge in [-0.05, 0) is 49.4 Å². The van der Waals surface area contributed by atoms with Crippen molar-refractivity contribution in [2.45, 2.75) is 49.2 Å². The highest BCUT2D eigenvalue weighted by atomic mass is 79.9. The Kier molecular flexibility index (Phi) is 5.58. The summed E-state index contributed by atoms with van der Waals surface area (Å²) in [6.45, 7) is 3.12. The summed E-state index contributed by atoms with van der Waals surface area (Å²) >= 11 is 5.64. The molecule has 1 aromatic rings. The van der Waals surface area contributed by atoms with Crippen LogP contribution in [-0.2, 0) is 6.42 Å². The number of halogens is 1. The number of hydrogen-bond donors (Lipinski definition) is 1. The third-order valence-corrected chi connectivity index (χ3v) is 5.51. The number of nitrogens with two attached hydrogens (primary N) is 1. The Balaban J connectivity index is 2.08. The van der Waals surface area contributed by atoms with Gasteiger partial charge in [0.1, 0.15) is 0 Å². The summed E-state index contributed by atoms with van der Waals surface area (Å²) in [5, 5.41) is 0.791. The molecule has 0 amide bonds. The van der Waals surface area contributed by atoms with Crippen molar-refractivity contribution < 1.29 is 0 Å². The molecule has 1 aliphatic carbocycles. The second-order valence-corrected chi connectivity index (χ2v) is 7.56. The van der Waals surface area contributed by atoms with Crippen LogP contribution in [0.1, 0.15) is 38.2 Å². The molecule has 1 aliphatic rings. The maximum Gasteiger partial charge on any atom is 0.0186 e. The number of rotatable bonds is 4. The average molecular weight is 328 g/mol. The van der Waals surface area contributed by atoms with Crippen molar-refractivity contribution in [3.63, 3.8) is 0 Å². The molecule has 0 saturated heterocycles. The van der Waals surface area contributed by atoms with Crippen LogP contribution in [0, 0.1) is 5.92 Å². The second-order valence-electron chi connectivity index (χ2n) is 5.30. The Morgan fingerprint density at radius 3 is 2.94 bits per heavy atom. The first kappa shape index (κ1) is 14.4. The third-order valence-electron chi connectivity index (χ3n) is 3.62. The molecule has 0 aliphatic heterocycles. The fourth-order valence-electron chi connectivity index (χ4n) is 2.67. The molecule has 1 fully saturated rings. The Labute approximate surface area is 123 Å². The van der Waals surface area contributed by atoms with Crippen molar-refractivity contribution in [3.8, 4) is 0 Å². The first-order valence-corrected chi connectivity index (χ1v) is 8.51. The third kappa shape index (κ3) is 4.01. The van der Waals surface area contributed by atoms with Crippen LogP contribution >= 0.6 is 27.7 Å². The van der Waals surface area contributed by atoms with Crippen LogP contribution in [0.25, 0.3) is 0 Å². The van der Waals surface area contributed by atoms with E-state index in [4.69, 9.17) is 5.73 Å². The lowest BCUT2D eigenvalue weighted by atomic mass is 9.91. The Morgan fingerprint density at radius 1 is 1.39 bits per heavy atom. The van der Waals surface area contributed by atoms with Gasteiger partial charge in [-0.2, -0.15) is 0 Å². The average Bonchev–Trinajstić information content (AvgIpc) is 2.33. The van der Waals surface area contributed by atoms with Gasteiger partial charge in [-0.25, -0.2) is 0 Å². The lowest BCUT2D eigenvalue weighted by molar-refractivity contribution is 0.394. The molecule has 2 rings (SSSR count). The minimum Gasteiger partial charge on any atom is -0.330 e. The van der Waals surface area contributed by atoms with Crippen molar-refractivity contribution >= 4 is 27.7 Å². The maximum atomic E-state index is 5.70. The number of hydrogen-bond acceptors (Lipinski definition) is 2. The van der Waals surface area contributed by atoms with Crippen LogP contribution < -0.4 is 5.73 Å². The topological polar surface area (TPSA) is 26.0 Å². The standard InChI is InChI=1S/C15H22BrNS/c1-11-3-2-4-14(9-11)18-15-10-13(16)6-5-12(15)7-8-17/h5-6,10-11,14H,2-4,7-9,17H2,1H3. The molecule has 1 saturated carbocycles. The minimum atomic E-state index is 0.732. The van der Waals surface area contributed by atoms with E-state index in [-0.39, 0.29) is 0 Å². The van der Waals surface area contributed by atoms with E-state index < -0.39 is 0 Å². The first-order chi connectivity index (χ1) is 8.69. The minimum absolute atomic E-state index is 0.732. The molecule has 3 heteroatoms. The highest BCUT2D eigenvalue weighted by Gasteiger charge is 2.20. The van der Waals surface area contributed by atoms with Gasteiger partial charge in [0.2, 0.25) is 0 Å². The molecule has 1 aromatic carbocycles. The zero-order valence-electron chi connectivity index (χ0n) is 11.0. The van der Waals surface area contributed by atoms with E-state index in [2.05, 4.69) is 52.8 Å². The van der Waals surface area contributed by atoms with E-state index in [0.29, 0.717) is 0 Å². The van der Waals surface area contributed by atoms with Crippen LogP contribution in [0.2, 0.25) is 0 Å². The molecule has 0 bridgehead atoms. The van der Waals surface area contributed by atoms with E-state index in [1.807, 2.05) is 0 Å². The largest absolute Gasteiger partial charge is 0.330 e. The van der Waals surface area contributed by atoms with E-state index in [1.165, 1.54) is 40.6 Å². The predicted octanol–water partition coefficient (Wildman–Crippen LogP) is 4.62. The van der Waals surface area contributed by atoms with Gasteiger partial charge in [0.05, 0.1) is 0 Å². The summed E-state index contributed by atoms with van der Waals surface area (Å²) in [5.41, 5.74) is 7.11. The van der Waals surface area contributed by atoms with Crippen LogP contribution in [0.5, 0.6) is 0 Å². The van der Waals surface area contributed by atoms with Crippen molar-refractivity contribution in [1.29, 1.82) is 0 Å².